The highest BCUT2D eigenvalue weighted by atomic mass is 32.9. The van der Waals surface area contributed by atoms with Crippen LogP contribution in [0.3, 0.4) is 0 Å². The summed E-state index contributed by atoms with van der Waals surface area (Å²) in [5.41, 5.74) is -3.45. The summed E-state index contributed by atoms with van der Waals surface area (Å²) in [6.07, 6.45) is -2.53. The third-order valence-electron chi connectivity index (χ3n) is 0.369. The second-order valence-electron chi connectivity index (χ2n) is 1.18. The Morgan fingerprint density at radius 3 is 2.11 bits per heavy atom. The van der Waals surface area contributed by atoms with E-state index in [-0.39, 0.29) is 0 Å². The molecule has 0 bridgehead atoms. The maximum Gasteiger partial charge on any atom is 0.248 e. The Hall–Kier alpha value is 0.780. The third kappa shape index (κ3) is 8.78. The highest BCUT2D eigenvalue weighted by Gasteiger charge is 2.12. The number of rotatable bonds is 3. The molecule has 0 aliphatic heterocycles. The van der Waals surface area contributed by atoms with Gasteiger partial charge in [-0.1, -0.05) is 11.4 Å². The minimum absolute atomic E-state index is 0.329. The van der Waals surface area contributed by atoms with Crippen molar-refractivity contribution in [3.05, 3.63) is 0 Å². The molecule has 0 aliphatic carbocycles. The van der Waals surface area contributed by atoms with Crippen molar-refractivity contribution in [2.45, 2.75) is 6.43 Å². The lowest BCUT2D eigenvalue weighted by Crippen LogP contribution is -1.92. The molecule has 7 heteroatoms. The predicted octanol–water partition coefficient (Wildman–Crippen LogP) is 1.19. The summed E-state index contributed by atoms with van der Waals surface area (Å²) in [7, 11) is 0. The molecule has 0 unspecified atom stereocenters. The van der Waals surface area contributed by atoms with E-state index >= 15 is 0 Å². The molecule has 0 atom stereocenters. The van der Waals surface area contributed by atoms with Crippen molar-refractivity contribution < 1.29 is 18.6 Å². The van der Waals surface area contributed by atoms with E-state index in [9.17, 15) is 8.78 Å². The standard InChI is InChI=1S/C2H5F2O2PS2/c3-2(4)1-9-7(5,6)8/h2H,1H2,(H2,5,6,8). The Morgan fingerprint density at radius 1 is 1.56 bits per heavy atom. The summed E-state index contributed by atoms with van der Waals surface area (Å²) in [5.74, 6) is -0.607. The monoisotopic (exact) mass is 194 g/mol. The van der Waals surface area contributed by atoms with Crippen LogP contribution in [0.2, 0.25) is 0 Å². The van der Waals surface area contributed by atoms with Crippen LogP contribution in [-0.4, -0.2) is 22.0 Å². The van der Waals surface area contributed by atoms with E-state index in [0.717, 1.165) is 0 Å². The van der Waals surface area contributed by atoms with E-state index in [1.807, 2.05) is 0 Å². The molecule has 0 saturated heterocycles. The highest BCUT2D eigenvalue weighted by molar-refractivity contribution is 8.67. The first-order chi connectivity index (χ1) is 3.92. The molecule has 0 saturated carbocycles. The lowest BCUT2D eigenvalue weighted by Gasteiger charge is -2.03. The van der Waals surface area contributed by atoms with Crippen molar-refractivity contribution >= 4 is 28.9 Å². The van der Waals surface area contributed by atoms with Crippen LogP contribution in [0.5, 0.6) is 0 Å². The smallest absolute Gasteiger partial charge is 0.248 e. The fourth-order valence-corrected chi connectivity index (χ4v) is 1.93. The van der Waals surface area contributed by atoms with Crippen molar-refractivity contribution in [2.75, 3.05) is 5.75 Å². The maximum absolute atomic E-state index is 11.3. The summed E-state index contributed by atoms with van der Waals surface area (Å²) in [6.45, 7) is 0. The first kappa shape index (κ1) is 9.78. The van der Waals surface area contributed by atoms with E-state index in [2.05, 4.69) is 11.8 Å². The Balaban J connectivity index is 3.40. The van der Waals surface area contributed by atoms with E-state index in [4.69, 9.17) is 9.79 Å². The Kier molecular flexibility index (Phi) is 4.16. The van der Waals surface area contributed by atoms with E-state index in [1.54, 1.807) is 0 Å². The second-order valence-corrected chi connectivity index (χ2v) is 7.27. The van der Waals surface area contributed by atoms with Gasteiger partial charge in [0.15, 0.2) is 0 Å². The van der Waals surface area contributed by atoms with Crippen LogP contribution in [0.1, 0.15) is 0 Å². The number of alkyl halides is 2. The van der Waals surface area contributed by atoms with Gasteiger partial charge in [-0.15, -0.1) is 0 Å². The molecule has 0 aromatic carbocycles. The summed E-state index contributed by atoms with van der Waals surface area (Å²) in [6, 6.07) is 0. The molecule has 9 heavy (non-hydrogen) atoms. The van der Waals surface area contributed by atoms with Crippen LogP contribution >= 0.6 is 17.1 Å². The quantitative estimate of drug-likeness (QED) is 0.662. The zero-order valence-electron chi connectivity index (χ0n) is 4.20. The zero-order chi connectivity index (χ0) is 7.49. The van der Waals surface area contributed by atoms with Crippen LogP contribution in [0.4, 0.5) is 8.78 Å². The Bertz CT molecular complexity index is 124. The number of hydrogen-bond acceptors (Lipinski definition) is 2. The van der Waals surface area contributed by atoms with Crippen LogP contribution in [0, 0.1) is 0 Å². The number of hydrogen-bond donors (Lipinski definition) is 2. The van der Waals surface area contributed by atoms with Crippen LogP contribution in [0.15, 0.2) is 0 Å². The average Bonchev–Trinajstić information content (AvgIpc) is 1.59. The van der Waals surface area contributed by atoms with Gasteiger partial charge in [-0.05, 0) is 11.8 Å². The molecule has 0 fully saturated rings. The Labute approximate surface area is 60.2 Å². The second kappa shape index (κ2) is 3.83. The Morgan fingerprint density at radius 2 is 2.00 bits per heavy atom. The molecule has 56 valence electrons. The van der Waals surface area contributed by atoms with Gasteiger partial charge in [0.25, 0.3) is 0 Å². The van der Waals surface area contributed by atoms with Crippen molar-refractivity contribution in [1.29, 1.82) is 0 Å². The molecule has 0 aromatic rings. The van der Waals surface area contributed by atoms with Gasteiger partial charge in [0.05, 0.1) is 5.75 Å². The molecule has 0 radical (unpaired) electrons. The molecule has 0 heterocycles. The van der Waals surface area contributed by atoms with Crippen LogP contribution in [-0.2, 0) is 11.8 Å². The van der Waals surface area contributed by atoms with E-state index in [0.29, 0.717) is 11.4 Å². The first-order valence-corrected chi connectivity index (χ1v) is 6.20. The molecular weight excluding hydrogens is 189 g/mol. The van der Waals surface area contributed by atoms with Gasteiger partial charge in [-0.2, -0.15) is 0 Å². The van der Waals surface area contributed by atoms with Gasteiger partial charge < -0.3 is 9.79 Å². The molecule has 0 amide bonds. The topological polar surface area (TPSA) is 40.5 Å². The molecule has 2 nitrogen and oxygen atoms in total. The summed E-state index contributed by atoms with van der Waals surface area (Å²) in [4.78, 5) is 16.8. The predicted molar refractivity (Wildman–Crippen MR) is 37.2 cm³/mol. The summed E-state index contributed by atoms with van der Waals surface area (Å²) >= 11 is 4.38. The van der Waals surface area contributed by atoms with E-state index in [1.165, 1.54) is 0 Å². The lowest BCUT2D eigenvalue weighted by atomic mass is 10.9. The van der Waals surface area contributed by atoms with E-state index < -0.39 is 17.9 Å². The minimum atomic E-state index is -3.45. The fourth-order valence-electron chi connectivity index (χ4n) is 0.153. The zero-order valence-corrected chi connectivity index (χ0v) is 6.73. The van der Waals surface area contributed by atoms with Crippen molar-refractivity contribution in [3.63, 3.8) is 0 Å². The molecular formula is C2H5F2O2PS2. The minimum Gasteiger partial charge on any atom is -0.338 e. The average molecular weight is 194 g/mol. The van der Waals surface area contributed by atoms with Crippen molar-refractivity contribution in [1.82, 2.24) is 0 Å². The summed E-state index contributed by atoms with van der Waals surface area (Å²) in [5, 5.41) is 0. The summed E-state index contributed by atoms with van der Waals surface area (Å²) < 4.78 is 22.6. The maximum atomic E-state index is 11.3. The largest absolute Gasteiger partial charge is 0.338 e. The van der Waals surface area contributed by atoms with Gasteiger partial charge in [-0.25, -0.2) is 8.78 Å². The molecule has 0 aromatic heterocycles. The normalized spacial score (nSPS) is 12.6. The van der Waals surface area contributed by atoms with Gasteiger partial charge >= 0.3 is 0 Å². The van der Waals surface area contributed by atoms with Crippen molar-refractivity contribution in [3.8, 4) is 0 Å². The molecule has 0 spiro atoms. The SMILES string of the molecule is OP(O)(=S)SCC(F)F. The molecule has 2 N–H and O–H groups in total. The molecule has 0 rings (SSSR count). The number of halogens is 2. The molecule has 0 aliphatic rings. The van der Waals surface area contributed by atoms with Gasteiger partial charge in [0.2, 0.25) is 12.1 Å². The third-order valence-corrected chi connectivity index (χ3v) is 3.51. The van der Waals surface area contributed by atoms with Crippen LogP contribution < -0.4 is 0 Å². The van der Waals surface area contributed by atoms with Gasteiger partial charge in [0.1, 0.15) is 0 Å². The first-order valence-electron chi connectivity index (χ1n) is 1.90. The van der Waals surface area contributed by atoms with Gasteiger partial charge in [0, 0.05) is 0 Å². The highest BCUT2D eigenvalue weighted by Crippen LogP contribution is 2.50. The lowest BCUT2D eigenvalue weighted by molar-refractivity contribution is 0.177. The van der Waals surface area contributed by atoms with Crippen LogP contribution in [0.25, 0.3) is 0 Å². The van der Waals surface area contributed by atoms with Crippen molar-refractivity contribution in [2.24, 2.45) is 0 Å². The fraction of sp³-hybridized carbons (Fsp3) is 1.00. The van der Waals surface area contributed by atoms with Gasteiger partial charge in [-0.3, -0.25) is 0 Å².